The van der Waals surface area contributed by atoms with Crippen LogP contribution in [0.25, 0.3) is 0 Å². The van der Waals surface area contributed by atoms with E-state index < -0.39 is 6.03 Å². The minimum Gasteiger partial charge on any atom is -0.321 e. The van der Waals surface area contributed by atoms with Gasteiger partial charge in [-0.3, -0.25) is 10.1 Å². The molecule has 0 saturated heterocycles. The Balaban J connectivity index is 1.60. The highest BCUT2D eigenvalue weighted by Gasteiger charge is 2.13. The normalized spacial score (nSPS) is 10.2. The number of carbonyl (C=O) groups is 2. The number of nitrogens with one attached hydrogen (secondary N) is 3. The summed E-state index contributed by atoms with van der Waals surface area (Å²) in [6.45, 7) is 3.90. The van der Waals surface area contributed by atoms with Crippen LogP contribution in [-0.4, -0.2) is 16.9 Å². The Kier molecular flexibility index (Phi) is 5.28. The molecule has 0 aliphatic heterocycles. The van der Waals surface area contributed by atoms with Crippen molar-refractivity contribution >= 4 is 39.8 Å². The van der Waals surface area contributed by atoms with E-state index in [0.717, 1.165) is 11.1 Å². The molecule has 6 nitrogen and oxygen atoms in total. The minimum atomic E-state index is -0.407. The Labute approximate surface area is 155 Å². The number of hydrogen-bond acceptors (Lipinski definition) is 4. The van der Waals surface area contributed by atoms with Gasteiger partial charge in [0.05, 0.1) is 0 Å². The second-order valence-electron chi connectivity index (χ2n) is 5.81. The van der Waals surface area contributed by atoms with Crippen LogP contribution < -0.4 is 16.0 Å². The molecule has 0 unspecified atom stereocenters. The van der Waals surface area contributed by atoms with Gasteiger partial charge < -0.3 is 10.6 Å². The molecule has 3 rings (SSSR count). The highest BCUT2D eigenvalue weighted by atomic mass is 32.1. The van der Waals surface area contributed by atoms with Crippen LogP contribution >= 0.6 is 11.3 Å². The number of thiazole rings is 1. The van der Waals surface area contributed by atoms with Crippen molar-refractivity contribution in [3.63, 3.8) is 0 Å². The summed E-state index contributed by atoms with van der Waals surface area (Å²) in [6.07, 6.45) is 0. The number of aromatic nitrogens is 1. The molecule has 132 valence electrons. The van der Waals surface area contributed by atoms with Gasteiger partial charge in [0.1, 0.15) is 5.69 Å². The molecule has 1 aromatic heterocycles. The lowest BCUT2D eigenvalue weighted by Crippen LogP contribution is -2.19. The first kappa shape index (κ1) is 17.6. The first-order valence-corrected chi connectivity index (χ1v) is 8.86. The maximum atomic E-state index is 12.3. The van der Waals surface area contributed by atoms with Gasteiger partial charge in [0.25, 0.3) is 5.91 Å². The average Bonchev–Trinajstić information content (AvgIpc) is 3.03. The van der Waals surface area contributed by atoms with Crippen LogP contribution in [0.3, 0.4) is 0 Å². The van der Waals surface area contributed by atoms with Crippen molar-refractivity contribution in [3.8, 4) is 0 Å². The Hall–Kier alpha value is -3.19. The zero-order chi connectivity index (χ0) is 18.5. The first-order valence-electron chi connectivity index (χ1n) is 7.98. The Bertz CT molecular complexity index is 952. The molecule has 0 saturated carbocycles. The van der Waals surface area contributed by atoms with Crippen molar-refractivity contribution in [2.24, 2.45) is 0 Å². The van der Waals surface area contributed by atoms with E-state index in [2.05, 4.69) is 20.9 Å². The van der Waals surface area contributed by atoms with E-state index in [1.54, 1.807) is 11.4 Å². The summed E-state index contributed by atoms with van der Waals surface area (Å²) >= 11 is 1.19. The first-order chi connectivity index (χ1) is 12.5. The molecule has 0 fully saturated rings. The van der Waals surface area contributed by atoms with Gasteiger partial charge >= 0.3 is 6.03 Å². The van der Waals surface area contributed by atoms with E-state index in [1.165, 1.54) is 11.3 Å². The molecule has 0 spiro atoms. The van der Waals surface area contributed by atoms with E-state index in [0.29, 0.717) is 16.5 Å². The highest BCUT2D eigenvalue weighted by molar-refractivity contribution is 7.14. The summed E-state index contributed by atoms with van der Waals surface area (Å²) in [5, 5.41) is 10.1. The fourth-order valence-corrected chi connectivity index (χ4v) is 3.02. The van der Waals surface area contributed by atoms with E-state index in [1.807, 2.05) is 56.3 Å². The van der Waals surface area contributed by atoms with Crippen molar-refractivity contribution in [3.05, 3.63) is 70.7 Å². The van der Waals surface area contributed by atoms with Crippen molar-refractivity contribution < 1.29 is 9.59 Å². The average molecular weight is 366 g/mol. The monoisotopic (exact) mass is 366 g/mol. The standard InChI is InChI=1S/C19H18N4O2S/c1-12-5-3-7-14(9-12)20-17(24)16-11-26-19(22-16)23-18(25)21-15-8-4-6-13(2)10-15/h3-11H,1-2H3,(H,20,24)(H2,21,22,23,25). The zero-order valence-corrected chi connectivity index (χ0v) is 15.2. The molecule has 0 radical (unpaired) electrons. The predicted molar refractivity (Wildman–Crippen MR) is 105 cm³/mol. The summed E-state index contributed by atoms with van der Waals surface area (Å²) in [4.78, 5) is 28.5. The van der Waals surface area contributed by atoms with Crippen LogP contribution in [0.15, 0.2) is 53.9 Å². The molecular formula is C19H18N4O2S. The fraction of sp³-hybridized carbons (Fsp3) is 0.105. The fourth-order valence-electron chi connectivity index (χ4n) is 2.34. The molecular weight excluding hydrogens is 348 g/mol. The number of carbonyl (C=O) groups excluding carboxylic acids is 2. The van der Waals surface area contributed by atoms with Crippen LogP contribution in [-0.2, 0) is 0 Å². The predicted octanol–water partition coefficient (Wildman–Crippen LogP) is 4.66. The molecule has 0 atom stereocenters. The van der Waals surface area contributed by atoms with E-state index in [9.17, 15) is 9.59 Å². The Morgan fingerprint density at radius 1 is 0.885 bits per heavy atom. The molecule has 26 heavy (non-hydrogen) atoms. The summed E-state index contributed by atoms with van der Waals surface area (Å²) in [6, 6.07) is 14.6. The number of anilines is 3. The number of hydrogen-bond donors (Lipinski definition) is 3. The summed E-state index contributed by atoms with van der Waals surface area (Å²) < 4.78 is 0. The summed E-state index contributed by atoms with van der Waals surface area (Å²) in [5.41, 5.74) is 3.75. The van der Waals surface area contributed by atoms with Crippen LogP contribution in [0.4, 0.5) is 21.3 Å². The Morgan fingerprint density at radius 3 is 2.12 bits per heavy atom. The maximum Gasteiger partial charge on any atom is 0.325 e. The number of rotatable bonds is 4. The molecule has 2 aromatic carbocycles. The van der Waals surface area contributed by atoms with Gasteiger partial charge in [-0.15, -0.1) is 11.3 Å². The number of urea groups is 1. The topological polar surface area (TPSA) is 83.1 Å². The van der Waals surface area contributed by atoms with Crippen LogP contribution in [0, 0.1) is 13.8 Å². The number of nitrogens with zero attached hydrogens (tertiary/aromatic N) is 1. The molecule has 7 heteroatoms. The van der Waals surface area contributed by atoms with Crippen molar-refractivity contribution in [1.82, 2.24) is 4.98 Å². The lowest BCUT2D eigenvalue weighted by atomic mass is 10.2. The highest BCUT2D eigenvalue weighted by Crippen LogP contribution is 2.18. The molecule has 0 aliphatic rings. The largest absolute Gasteiger partial charge is 0.325 e. The summed E-state index contributed by atoms with van der Waals surface area (Å²) in [7, 11) is 0. The van der Waals surface area contributed by atoms with E-state index >= 15 is 0 Å². The van der Waals surface area contributed by atoms with Gasteiger partial charge in [0.15, 0.2) is 5.13 Å². The lowest BCUT2D eigenvalue weighted by Gasteiger charge is -2.06. The van der Waals surface area contributed by atoms with Gasteiger partial charge in [0, 0.05) is 16.8 Å². The van der Waals surface area contributed by atoms with Gasteiger partial charge in [-0.1, -0.05) is 24.3 Å². The summed E-state index contributed by atoms with van der Waals surface area (Å²) in [5.74, 6) is -0.320. The zero-order valence-electron chi connectivity index (χ0n) is 14.4. The van der Waals surface area contributed by atoms with Crippen LogP contribution in [0.5, 0.6) is 0 Å². The van der Waals surface area contributed by atoms with Gasteiger partial charge in [-0.25, -0.2) is 9.78 Å². The second kappa shape index (κ2) is 7.79. The third-order valence-corrected chi connectivity index (χ3v) is 4.27. The van der Waals surface area contributed by atoms with E-state index in [4.69, 9.17) is 0 Å². The number of benzene rings is 2. The van der Waals surface area contributed by atoms with Crippen molar-refractivity contribution in [1.29, 1.82) is 0 Å². The van der Waals surface area contributed by atoms with Gasteiger partial charge in [-0.05, 0) is 49.2 Å². The molecule has 3 aromatic rings. The van der Waals surface area contributed by atoms with Crippen molar-refractivity contribution in [2.45, 2.75) is 13.8 Å². The SMILES string of the molecule is Cc1cccc(NC(=O)Nc2nc(C(=O)Nc3cccc(C)c3)cs2)c1. The third kappa shape index (κ3) is 4.67. The van der Waals surface area contributed by atoms with Gasteiger partial charge in [0.2, 0.25) is 0 Å². The minimum absolute atomic E-state index is 0.252. The molecule has 3 N–H and O–H groups in total. The number of aryl methyl sites for hydroxylation is 2. The van der Waals surface area contributed by atoms with Crippen molar-refractivity contribution in [2.75, 3.05) is 16.0 Å². The Morgan fingerprint density at radius 2 is 1.50 bits per heavy atom. The van der Waals surface area contributed by atoms with Crippen LogP contribution in [0.1, 0.15) is 21.6 Å². The number of amides is 3. The van der Waals surface area contributed by atoms with Gasteiger partial charge in [-0.2, -0.15) is 0 Å². The lowest BCUT2D eigenvalue weighted by molar-refractivity contribution is 0.102. The third-order valence-electron chi connectivity index (χ3n) is 3.51. The smallest absolute Gasteiger partial charge is 0.321 e. The maximum absolute atomic E-state index is 12.3. The molecule has 1 heterocycles. The molecule has 0 bridgehead atoms. The second-order valence-corrected chi connectivity index (χ2v) is 6.67. The molecule has 3 amide bonds. The van der Waals surface area contributed by atoms with Crippen LogP contribution in [0.2, 0.25) is 0 Å². The quantitative estimate of drug-likeness (QED) is 0.628. The van der Waals surface area contributed by atoms with E-state index in [-0.39, 0.29) is 11.6 Å². The molecule has 0 aliphatic carbocycles.